The summed E-state index contributed by atoms with van der Waals surface area (Å²) in [6.45, 7) is 0.581. The number of benzene rings is 1. The third kappa shape index (κ3) is 5.01. The zero-order valence-electron chi connectivity index (χ0n) is 10.1. The molecule has 5 N–H and O–H groups in total. The predicted octanol–water partition coefficient (Wildman–Crippen LogP) is -0.568. The maximum absolute atomic E-state index is 11.7. The van der Waals surface area contributed by atoms with Crippen molar-refractivity contribution in [2.75, 3.05) is 18.9 Å². The highest BCUT2D eigenvalue weighted by Crippen LogP contribution is 2.10. The van der Waals surface area contributed by atoms with Crippen molar-refractivity contribution in [3.8, 4) is 0 Å². The topological polar surface area (TPSA) is 113 Å². The fourth-order valence-electron chi connectivity index (χ4n) is 1.27. The van der Waals surface area contributed by atoms with Crippen LogP contribution in [0.1, 0.15) is 12.5 Å². The molecule has 0 aromatic heterocycles. The SMILES string of the molecule is CC(O)(CO)CNS(=O)(=O)Cc1cccc(N)c1. The standard InChI is InChI=1S/C11H18N2O4S/c1-11(15,8-14)7-13-18(16,17)6-9-3-2-4-10(12)5-9/h2-5,13-15H,6-8,12H2,1H3. The molecule has 0 radical (unpaired) electrons. The van der Waals surface area contributed by atoms with Crippen LogP contribution >= 0.6 is 0 Å². The maximum atomic E-state index is 11.7. The van der Waals surface area contributed by atoms with E-state index in [1.165, 1.54) is 6.92 Å². The van der Waals surface area contributed by atoms with E-state index in [0.717, 1.165) is 0 Å². The Bertz CT molecular complexity index is 500. The Hall–Kier alpha value is -1.15. The quantitative estimate of drug-likeness (QED) is 0.519. The monoisotopic (exact) mass is 274 g/mol. The van der Waals surface area contributed by atoms with Gasteiger partial charge < -0.3 is 15.9 Å². The Kier molecular flexibility index (Phi) is 4.69. The zero-order chi connectivity index (χ0) is 13.8. The summed E-state index contributed by atoms with van der Waals surface area (Å²) in [6, 6.07) is 6.56. The van der Waals surface area contributed by atoms with E-state index in [-0.39, 0.29) is 12.3 Å². The first-order valence-corrected chi connectivity index (χ1v) is 7.04. The molecule has 0 amide bonds. The third-order valence-corrected chi connectivity index (χ3v) is 3.62. The molecular weight excluding hydrogens is 256 g/mol. The molecule has 7 heteroatoms. The van der Waals surface area contributed by atoms with Crippen molar-refractivity contribution in [1.82, 2.24) is 4.72 Å². The van der Waals surface area contributed by atoms with Crippen molar-refractivity contribution in [3.63, 3.8) is 0 Å². The number of nitrogen functional groups attached to an aromatic ring is 1. The van der Waals surface area contributed by atoms with Crippen molar-refractivity contribution >= 4 is 15.7 Å². The molecule has 1 unspecified atom stereocenters. The van der Waals surface area contributed by atoms with Gasteiger partial charge in [0.05, 0.1) is 18.0 Å². The smallest absolute Gasteiger partial charge is 0.215 e. The molecule has 0 fully saturated rings. The number of sulfonamides is 1. The fraction of sp³-hybridized carbons (Fsp3) is 0.455. The number of aliphatic hydroxyl groups is 2. The van der Waals surface area contributed by atoms with Gasteiger partial charge in [-0.2, -0.15) is 0 Å². The number of anilines is 1. The Morgan fingerprint density at radius 2 is 2.11 bits per heavy atom. The van der Waals surface area contributed by atoms with Gasteiger partial charge in [0, 0.05) is 12.2 Å². The molecule has 1 atom stereocenters. The van der Waals surface area contributed by atoms with Crippen LogP contribution in [0, 0.1) is 0 Å². The second kappa shape index (κ2) is 5.66. The highest BCUT2D eigenvalue weighted by atomic mass is 32.2. The molecule has 0 aliphatic rings. The van der Waals surface area contributed by atoms with Gasteiger partial charge >= 0.3 is 0 Å². The van der Waals surface area contributed by atoms with E-state index in [0.29, 0.717) is 11.3 Å². The number of hydrogen-bond acceptors (Lipinski definition) is 5. The normalized spacial score (nSPS) is 15.3. The van der Waals surface area contributed by atoms with Crippen LogP contribution in [0.2, 0.25) is 0 Å². The molecule has 102 valence electrons. The second-order valence-electron chi connectivity index (χ2n) is 4.48. The summed E-state index contributed by atoms with van der Waals surface area (Å²) in [7, 11) is -3.57. The molecule has 0 saturated carbocycles. The third-order valence-electron chi connectivity index (χ3n) is 2.32. The molecule has 1 aromatic rings. The number of nitrogens with one attached hydrogen (secondary N) is 1. The van der Waals surface area contributed by atoms with Crippen LogP contribution in [0.5, 0.6) is 0 Å². The first kappa shape index (κ1) is 14.9. The minimum Gasteiger partial charge on any atom is -0.399 e. The Morgan fingerprint density at radius 3 is 2.67 bits per heavy atom. The van der Waals surface area contributed by atoms with Crippen LogP contribution in [0.15, 0.2) is 24.3 Å². The van der Waals surface area contributed by atoms with Crippen molar-refractivity contribution in [2.24, 2.45) is 0 Å². The van der Waals surface area contributed by atoms with Crippen LogP contribution in [0.3, 0.4) is 0 Å². The molecule has 1 rings (SSSR count). The van der Waals surface area contributed by atoms with Crippen molar-refractivity contribution < 1.29 is 18.6 Å². The lowest BCUT2D eigenvalue weighted by Crippen LogP contribution is -2.43. The van der Waals surface area contributed by atoms with Gasteiger partial charge in [0.1, 0.15) is 0 Å². The van der Waals surface area contributed by atoms with Gasteiger partial charge in [-0.25, -0.2) is 13.1 Å². The number of rotatable bonds is 6. The Balaban J connectivity index is 2.66. The average Bonchev–Trinajstić information content (AvgIpc) is 2.26. The van der Waals surface area contributed by atoms with Gasteiger partial charge in [-0.1, -0.05) is 12.1 Å². The van der Waals surface area contributed by atoms with Crippen LogP contribution in [-0.2, 0) is 15.8 Å². The van der Waals surface area contributed by atoms with E-state index in [2.05, 4.69) is 4.72 Å². The molecule has 1 aromatic carbocycles. The molecule has 0 aliphatic heterocycles. The fourth-order valence-corrected chi connectivity index (χ4v) is 2.53. The highest BCUT2D eigenvalue weighted by molar-refractivity contribution is 7.88. The van der Waals surface area contributed by atoms with Gasteiger partial charge in [-0.05, 0) is 24.6 Å². The number of hydrogen-bond donors (Lipinski definition) is 4. The molecular formula is C11H18N2O4S. The summed E-state index contributed by atoms with van der Waals surface area (Å²) in [4.78, 5) is 0. The van der Waals surface area contributed by atoms with E-state index < -0.39 is 22.2 Å². The molecule has 6 nitrogen and oxygen atoms in total. The summed E-state index contributed by atoms with van der Waals surface area (Å²) < 4.78 is 25.7. The van der Waals surface area contributed by atoms with Crippen LogP contribution in [0.25, 0.3) is 0 Å². The van der Waals surface area contributed by atoms with Crippen molar-refractivity contribution in [1.29, 1.82) is 0 Å². The summed E-state index contributed by atoms with van der Waals surface area (Å²) in [6.07, 6.45) is 0. The van der Waals surface area contributed by atoms with Crippen molar-refractivity contribution in [2.45, 2.75) is 18.3 Å². The zero-order valence-corrected chi connectivity index (χ0v) is 10.9. The van der Waals surface area contributed by atoms with Gasteiger partial charge in [0.15, 0.2) is 0 Å². The maximum Gasteiger partial charge on any atom is 0.215 e. The van der Waals surface area contributed by atoms with Crippen LogP contribution < -0.4 is 10.5 Å². The average molecular weight is 274 g/mol. The van der Waals surface area contributed by atoms with Gasteiger partial charge in [0.2, 0.25) is 10.0 Å². The van der Waals surface area contributed by atoms with Crippen LogP contribution in [0.4, 0.5) is 5.69 Å². The molecule has 18 heavy (non-hydrogen) atoms. The Labute approximate surface area is 106 Å². The second-order valence-corrected chi connectivity index (χ2v) is 6.29. The van der Waals surface area contributed by atoms with E-state index >= 15 is 0 Å². The minimum atomic E-state index is -3.57. The van der Waals surface area contributed by atoms with Gasteiger partial charge in [0.25, 0.3) is 0 Å². The van der Waals surface area contributed by atoms with Crippen molar-refractivity contribution in [3.05, 3.63) is 29.8 Å². The van der Waals surface area contributed by atoms with E-state index in [4.69, 9.17) is 10.8 Å². The van der Waals surface area contributed by atoms with E-state index in [9.17, 15) is 13.5 Å². The molecule has 0 bridgehead atoms. The van der Waals surface area contributed by atoms with E-state index in [1.807, 2.05) is 0 Å². The lowest BCUT2D eigenvalue weighted by molar-refractivity contribution is 0.00680. The summed E-state index contributed by atoms with van der Waals surface area (Å²) in [5.41, 5.74) is 5.14. The summed E-state index contributed by atoms with van der Waals surface area (Å²) in [5.74, 6) is -0.223. The number of aliphatic hydroxyl groups excluding tert-OH is 1. The summed E-state index contributed by atoms with van der Waals surface area (Å²) >= 11 is 0. The van der Waals surface area contributed by atoms with Gasteiger partial charge in [-0.3, -0.25) is 0 Å². The molecule has 0 saturated heterocycles. The minimum absolute atomic E-state index is 0.223. The largest absolute Gasteiger partial charge is 0.399 e. The Morgan fingerprint density at radius 1 is 1.44 bits per heavy atom. The van der Waals surface area contributed by atoms with Crippen LogP contribution in [-0.4, -0.2) is 37.4 Å². The first-order valence-electron chi connectivity index (χ1n) is 5.39. The molecule has 0 aliphatic carbocycles. The lowest BCUT2D eigenvalue weighted by atomic mass is 10.1. The van der Waals surface area contributed by atoms with E-state index in [1.54, 1.807) is 24.3 Å². The first-order chi connectivity index (χ1) is 8.24. The predicted molar refractivity (Wildman–Crippen MR) is 69.2 cm³/mol. The summed E-state index contributed by atoms with van der Waals surface area (Å²) in [5, 5.41) is 18.3. The number of nitrogens with two attached hydrogens (primary N) is 1. The van der Waals surface area contributed by atoms with Gasteiger partial charge in [-0.15, -0.1) is 0 Å². The molecule has 0 spiro atoms. The molecule has 0 heterocycles. The lowest BCUT2D eigenvalue weighted by Gasteiger charge is -2.20. The highest BCUT2D eigenvalue weighted by Gasteiger charge is 2.22.